The van der Waals surface area contributed by atoms with Gasteiger partial charge in [0.15, 0.2) is 5.79 Å². The molecular formula is C17H24O4. The predicted molar refractivity (Wildman–Crippen MR) is 76.1 cm³/mol. The van der Waals surface area contributed by atoms with Crippen molar-refractivity contribution >= 4 is 0 Å². The lowest BCUT2D eigenvalue weighted by molar-refractivity contribution is -0.275. The maximum Gasteiger partial charge on any atom is 0.172 e. The SMILES string of the molecule is OC(C#CC1CC2C(CC23OCCO3)C1O)C1CCCC1. The fourth-order valence-corrected chi connectivity index (χ4v) is 4.74. The molecule has 116 valence electrons. The second-order valence-corrected chi connectivity index (χ2v) is 7.09. The molecule has 4 heteroatoms. The minimum atomic E-state index is -0.522. The van der Waals surface area contributed by atoms with Crippen LogP contribution in [0.15, 0.2) is 0 Å². The van der Waals surface area contributed by atoms with Crippen LogP contribution in [0, 0.1) is 35.5 Å². The van der Waals surface area contributed by atoms with Crippen LogP contribution in [-0.2, 0) is 9.47 Å². The zero-order valence-corrected chi connectivity index (χ0v) is 12.3. The van der Waals surface area contributed by atoms with Gasteiger partial charge in [0.2, 0.25) is 0 Å². The molecule has 21 heavy (non-hydrogen) atoms. The van der Waals surface area contributed by atoms with Gasteiger partial charge in [-0.05, 0) is 31.1 Å². The molecule has 4 aliphatic rings. The molecule has 0 aromatic heterocycles. The van der Waals surface area contributed by atoms with Gasteiger partial charge in [0.25, 0.3) is 0 Å². The van der Waals surface area contributed by atoms with Crippen molar-refractivity contribution in [2.45, 2.75) is 56.5 Å². The minimum absolute atomic E-state index is 0.0387. The first-order chi connectivity index (χ1) is 10.2. The zero-order valence-electron chi connectivity index (χ0n) is 12.3. The molecule has 0 bridgehead atoms. The van der Waals surface area contributed by atoms with Gasteiger partial charge in [-0.2, -0.15) is 0 Å². The molecule has 3 aliphatic carbocycles. The molecule has 0 radical (unpaired) electrons. The first kappa shape index (κ1) is 14.0. The molecule has 3 saturated carbocycles. The molecule has 0 amide bonds. The van der Waals surface area contributed by atoms with Crippen molar-refractivity contribution in [3.63, 3.8) is 0 Å². The van der Waals surface area contributed by atoms with Crippen LogP contribution in [0.1, 0.15) is 38.5 Å². The van der Waals surface area contributed by atoms with Crippen molar-refractivity contribution in [3.8, 4) is 11.8 Å². The van der Waals surface area contributed by atoms with Crippen LogP contribution in [0.5, 0.6) is 0 Å². The van der Waals surface area contributed by atoms with Crippen LogP contribution in [0.2, 0.25) is 0 Å². The summed E-state index contributed by atoms with van der Waals surface area (Å²) in [5, 5.41) is 20.5. The van der Waals surface area contributed by atoms with Gasteiger partial charge in [0, 0.05) is 18.3 Å². The Hall–Kier alpha value is -0.600. The summed E-state index contributed by atoms with van der Waals surface area (Å²) >= 11 is 0. The number of rotatable bonds is 1. The standard InChI is InChI=1S/C17H24O4/c18-15(11-3-1-2-4-11)6-5-12-9-14-13(16(12)19)10-17(14)20-7-8-21-17/h11-16,18-19H,1-4,7-10H2. The van der Waals surface area contributed by atoms with Crippen molar-refractivity contribution in [2.24, 2.45) is 23.7 Å². The fourth-order valence-electron chi connectivity index (χ4n) is 4.74. The molecule has 5 atom stereocenters. The Kier molecular flexibility index (Phi) is 3.50. The van der Waals surface area contributed by atoms with Gasteiger partial charge < -0.3 is 19.7 Å². The van der Waals surface area contributed by atoms with Crippen LogP contribution in [0.25, 0.3) is 0 Å². The van der Waals surface area contributed by atoms with Crippen molar-refractivity contribution in [1.82, 2.24) is 0 Å². The van der Waals surface area contributed by atoms with Gasteiger partial charge in [0.05, 0.1) is 19.3 Å². The van der Waals surface area contributed by atoms with Crippen LogP contribution in [0.4, 0.5) is 0 Å². The second kappa shape index (κ2) is 5.24. The summed E-state index contributed by atoms with van der Waals surface area (Å²) in [5.41, 5.74) is 0. The molecule has 4 nitrogen and oxygen atoms in total. The Balaban J connectivity index is 1.41. The Morgan fingerprint density at radius 2 is 1.86 bits per heavy atom. The van der Waals surface area contributed by atoms with E-state index in [2.05, 4.69) is 11.8 Å². The average molecular weight is 292 g/mol. The van der Waals surface area contributed by atoms with Crippen molar-refractivity contribution < 1.29 is 19.7 Å². The van der Waals surface area contributed by atoms with E-state index in [9.17, 15) is 10.2 Å². The summed E-state index contributed by atoms with van der Waals surface area (Å²) in [6, 6.07) is 0. The number of hydrogen-bond donors (Lipinski definition) is 2. The van der Waals surface area contributed by atoms with Crippen LogP contribution >= 0.6 is 0 Å². The van der Waals surface area contributed by atoms with Crippen LogP contribution in [0.3, 0.4) is 0 Å². The normalized spacial score (nSPS) is 42.4. The largest absolute Gasteiger partial charge is 0.392 e. The molecule has 1 aliphatic heterocycles. The third-order valence-electron chi connectivity index (χ3n) is 6.00. The van der Waals surface area contributed by atoms with E-state index in [1.165, 1.54) is 12.8 Å². The van der Waals surface area contributed by atoms with E-state index in [1.807, 2.05) is 0 Å². The quantitative estimate of drug-likeness (QED) is 0.715. The zero-order chi connectivity index (χ0) is 14.4. The van der Waals surface area contributed by atoms with Gasteiger partial charge in [-0.1, -0.05) is 24.7 Å². The smallest absolute Gasteiger partial charge is 0.172 e. The average Bonchev–Trinajstić information content (AvgIpc) is 3.18. The summed E-state index contributed by atoms with van der Waals surface area (Å²) in [5.74, 6) is 6.57. The van der Waals surface area contributed by atoms with Crippen LogP contribution < -0.4 is 0 Å². The third kappa shape index (κ3) is 2.22. The summed E-state index contributed by atoms with van der Waals surface area (Å²) in [4.78, 5) is 0. The van der Waals surface area contributed by atoms with E-state index >= 15 is 0 Å². The van der Waals surface area contributed by atoms with E-state index in [0.717, 1.165) is 25.7 Å². The first-order valence-corrected chi connectivity index (χ1v) is 8.35. The van der Waals surface area contributed by atoms with Crippen molar-refractivity contribution in [2.75, 3.05) is 13.2 Å². The molecule has 5 unspecified atom stereocenters. The van der Waals surface area contributed by atoms with Gasteiger partial charge in [0.1, 0.15) is 6.10 Å². The van der Waals surface area contributed by atoms with Gasteiger partial charge in [-0.25, -0.2) is 0 Å². The Bertz CT molecular complexity index is 453. The maximum atomic E-state index is 10.4. The summed E-state index contributed by atoms with van der Waals surface area (Å²) in [6.45, 7) is 1.33. The van der Waals surface area contributed by atoms with E-state index in [1.54, 1.807) is 0 Å². The first-order valence-electron chi connectivity index (χ1n) is 8.35. The van der Waals surface area contributed by atoms with Gasteiger partial charge >= 0.3 is 0 Å². The lowest BCUT2D eigenvalue weighted by Gasteiger charge is -2.48. The fraction of sp³-hybridized carbons (Fsp3) is 0.882. The molecule has 2 N–H and O–H groups in total. The lowest BCUT2D eigenvalue weighted by atomic mass is 9.69. The monoisotopic (exact) mass is 292 g/mol. The highest BCUT2D eigenvalue weighted by Gasteiger charge is 2.64. The van der Waals surface area contributed by atoms with Crippen molar-refractivity contribution in [1.29, 1.82) is 0 Å². The topological polar surface area (TPSA) is 58.9 Å². The summed E-state index contributed by atoms with van der Waals surface area (Å²) < 4.78 is 11.5. The maximum absolute atomic E-state index is 10.4. The van der Waals surface area contributed by atoms with E-state index in [-0.39, 0.29) is 17.8 Å². The molecule has 1 saturated heterocycles. The van der Waals surface area contributed by atoms with E-state index < -0.39 is 18.0 Å². The number of hydrogen-bond acceptors (Lipinski definition) is 4. The summed E-state index contributed by atoms with van der Waals surface area (Å²) in [6.07, 6.45) is 5.28. The highest BCUT2D eigenvalue weighted by atomic mass is 16.7. The van der Waals surface area contributed by atoms with Crippen molar-refractivity contribution in [3.05, 3.63) is 0 Å². The van der Waals surface area contributed by atoms with E-state index in [0.29, 0.717) is 19.1 Å². The van der Waals surface area contributed by atoms with E-state index in [4.69, 9.17) is 9.47 Å². The molecule has 1 spiro atoms. The molecule has 0 aromatic rings. The molecule has 1 heterocycles. The number of aliphatic hydroxyl groups is 2. The highest BCUT2D eigenvalue weighted by molar-refractivity contribution is 5.19. The molecular weight excluding hydrogens is 268 g/mol. The minimum Gasteiger partial charge on any atom is -0.392 e. The van der Waals surface area contributed by atoms with Gasteiger partial charge in [-0.3, -0.25) is 0 Å². The Morgan fingerprint density at radius 1 is 1.14 bits per heavy atom. The summed E-state index contributed by atoms with van der Waals surface area (Å²) in [7, 11) is 0. The van der Waals surface area contributed by atoms with Gasteiger partial charge in [-0.15, -0.1) is 0 Å². The second-order valence-electron chi connectivity index (χ2n) is 7.09. The third-order valence-corrected chi connectivity index (χ3v) is 6.00. The Labute approximate surface area is 125 Å². The van der Waals surface area contributed by atoms with Crippen LogP contribution in [-0.4, -0.2) is 41.4 Å². The molecule has 4 rings (SSSR count). The molecule has 0 aromatic carbocycles. The predicted octanol–water partition coefficient (Wildman–Crippen LogP) is 1.30. The number of fused-ring (bicyclic) bond motifs is 2. The number of ether oxygens (including phenoxy) is 2. The Morgan fingerprint density at radius 3 is 2.57 bits per heavy atom. The highest BCUT2D eigenvalue weighted by Crippen LogP contribution is 2.58. The number of aliphatic hydroxyl groups excluding tert-OH is 2. The lowest BCUT2D eigenvalue weighted by Crippen LogP contribution is -2.54. The molecule has 4 fully saturated rings.